The van der Waals surface area contributed by atoms with E-state index >= 15 is 0 Å². The van der Waals surface area contributed by atoms with E-state index in [-0.39, 0.29) is 48.9 Å². The minimum atomic E-state index is -1.56. The molecule has 1 aliphatic carbocycles. The number of nitrogens with zero attached hydrogens (tertiary/aromatic N) is 1. The summed E-state index contributed by atoms with van der Waals surface area (Å²) in [5, 5.41) is 13.6. The van der Waals surface area contributed by atoms with E-state index in [1.807, 2.05) is 40.0 Å². The van der Waals surface area contributed by atoms with Gasteiger partial charge in [-0.2, -0.15) is 0 Å². The molecule has 1 radical (unpaired) electrons. The first-order valence-electron chi connectivity index (χ1n) is 15.6. The zero-order valence-electron chi connectivity index (χ0n) is 27.6. The molecule has 43 heavy (non-hydrogen) atoms. The van der Waals surface area contributed by atoms with Gasteiger partial charge in [-0.3, -0.25) is 4.79 Å². The number of aryl methyl sites for hydroxylation is 1. The monoisotopic (exact) mass is 775 g/mol. The van der Waals surface area contributed by atoms with Crippen LogP contribution in [0.3, 0.4) is 0 Å². The molecular weight excluding hydrogens is 727 g/mol. The Morgan fingerprint density at radius 2 is 1.60 bits per heavy atom. The number of aromatic nitrogens is 1. The van der Waals surface area contributed by atoms with Crippen LogP contribution in [0.5, 0.6) is 0 Å². The van der Waals surface area contributed by atoms with Crippen molar-refractivity contribution < 1.29 is 34.4 Å². The van der Waals surface area contributed by atoms with E-state index in [4.69, 9.17) is 9.40 Å². The number of aliphatic hydroxyl groups excluding tert-OH is 1. The summed E-state index contributed by atoms with van der Waals surface area (Å²) in [6.45, 7) is 21.9. The van der Waals surface area contributed by atoms with Gasteiger partial charge in [0.05, 0.1) is 13.8 Å². The molecule has 0 aliphatic heterocycles. The Morgan fingerprint density at radius 1 is 0.977 bits per heavy atom. The van der Waals surface area contributed by atoms with E-state index in [2.05, 4.69) is 70.7 Å². The van der Waals surface area contributed by atoms with Crippen LogP contribution in [0.15, 0.2) is 52.8 Å². The number of ketones is 1. The maximum Gasteiger partial charge on any atom is 0.162 e. The van der Waals surface area contributed by atoms with Crippen LogP contribution in [0, 0.1) is 24.8 Å². The summed E-state index contributed by atoms with van der Waals surface area (Å²) in [7, 11) is -1.56. The van der Waals surface area contributed by atoms with Crippen molar-refractivity contribution in [2.45, 2.75) is 99.2 Å². The second kappa shape index (κ2) is 13.6. The molecule has 0 amide bonds. The van der Waals surface area contributed by atoms with Crippen molar-refractivity contribution in [3.05, 3.63) is 71.1 Å². The van der Waals surface area contributed by atoms with Gasteiger partial charge >= 0.3 is 0 Å². The molecule has 0 fully saturated rings. The second-order valence-electron chi connectivity index (χ2n) is 13.3. The third-order valence-electron chi connectivity index (χ3n) is 9.15. The maximum atomic E-state index is 11.7. The SMILES string of the molecule is CCC(CC)C(=O)/C=C(\O)C(CC)CC.Cc1cnc2c3c1oc1c([Si](C)(C)C)ccc(c13)C(C)(C)c1ccc[c-]c1-2.[Ir]. The normalized spacial score (nSPS) is 14.0. The molecule has 233 valence electrons. The summed E-state index contributed by atoms with van der Waals surface area (Å²) in [6.07, 6.45) is 6.85. The summed E-state index contributed by atoms with van der Waals surface area (Å²) >= 11 is 0. The molecule has 5 rings (SSSR count). The van der Waals surface area contributed by atoms with Crippen molar-refractivity contribution in [3.8, 4) is 11.3 Å². The first kappa shape index (κ1) is 35.0. The molecule has 0 unspecified atom stereocenters. The predicted octanol–water partition coefficient (Wildman–Crippen LogP) is 9.81. The molecule has 0 bridgehead atoms. The van der Waals surface area contributed by atoms with Crippen LogP contribution in [0.25, 0.3) is 33.2 Å². The van der Waals surface area contributed by atoms with E-state index in [1.54, 1.807) is 0 Å². The molecule has 0 atom stereocenters. The van der Waals surface area contributed by atoms with Gasteiger partial charge in [-0.25, -0.2) is 0 Å². The van der Waals surface area contributed by atoms with Gasteiger partial charge in [0.1, 0.15) is 11.2 Å². The maximum absolute atomic E-state index is 11.7. The standard InChI is InChI=1S/C24H24NOSi.C13H24O2.Ir/c1-14-13-25-21-15-9-7-8-10-16(15)24(2,3)17-11-12-18(27(4,5)6)23-19(17)20(21)22(14)26-23;1-5-10(6-2)12(14)9-13(15)11(7-3)8-4;/h7-8,10-13H,1-6H3;9-11,14H,5-8H2,1-4H3;/q-1;;/b;12-9-;. The number of fused-ring (bicyclic) bond motifs is 2. The van der Waals surface area contributed by atoms with Crippen molar-refractivity contribution in [2.75, 3.05) is 0 Å². The number of hydrogen-bond acceptors (Lipinski definition) is 4. The molecule has 2 aromatic carbocycles. The molecule has 4 nitrogen and oxygen atoms in total. The Labute approximate surface area is 272 Å². The zero-order chi connectivity index (χ0) is 31.0. The first-order valence-corrected chi connectivity index (χ1v) is 19.1. The number of aliphatic hydroxyl groups is 1. The summed E-state index contributed by atoms with van der Waals surface area (Å²) in [5.41, 5.74) is 7.70. The fourth-order valence-electron chi connectivity index (χ4n) is 6.37. The number of carbonyl (C=O) groups excluding carboxylic acids is 1. The third kappa shape index (κ3) is 6.48. The third-order valence-corrected chi connectivity index (χ3v) is 11.2. The van der Waals surface area contributed by atoms with Crippen LogP contribution < -0.4 is 5.19 Å². The molecule has 0 saturated carbocycles. The zero-order valence-corrected chi connectivity index (χ0v) is 31.0. The van der Waals surface area contributed by atoms with Crippen molar-refractivity contribution in [3.63, 3.8) is 0 Å². The summed E-state index contributed by atoms with van der Waals surface area (Å²) in [4.78, 5) is 16.6. The first-order chi connectivity index (χ1) is 19.8. The predicted molar refractivity (Wildman–Crippen MR) is 179 cm³/mol. The molecule has 4 aromatic rings. The van der Waals surface area contributed by atoms with E-state index < -0.39 is 8.07 Å². The summed E-state index contributed by atoms with van der Waals surface area (Å²) in [6, 6.07) is 14.4. The van der Waals surface area contributed by atoms with E-state index in [1.165, 1.54) is 27.8 Å². The van der Waals surface area contributed by atoms with E-state index in [0.717, 1.165) is 59.1 Å². The fraction of sp³-hybridized carbons (Fsp3) is 0.459. The Bertz CT molecular complexity index is 1640. The Balaban J connectivity index is 0.000000274. The number of furan rings is 1. The van der Waals surface area contributed by atoms with Gasteiger partial charge < -0.3 is 14.5 Å². The molecule has 2 aromatic heterocycles. The average Bonchev–Trinajstić information content (AvgIpc) is 3.32. The molecule has 2 heterocycles. The van der Waals surface area contributed by atoms with Crippen molar-refractivity contribution >= 4 is 41.0 Å². The van der Waals surface area contributed by atoms with Gasteiger partial charge in [0.15, 0.2) is 5.78 Å². The van der Waals surface area contributed by atoms with Crippen LogP contribution in [0.4, 0.5) is 0 Å². The molecule has 0 saturated heterocycles. The fourth-order valence-corrected chi connectivity index (χ4v) is 7.81. The molecular formula is C37H48IrNO3Si-. The van der Waals surface area contributed by atoms with Crippen molar-refractivity contribution in [1.82, 2.24) is 4.98 Å². The minimum absolute atomic E-state index is 0. The van der Waals surface area contributed by atoms with Crippen molar-refractivity contribution in [2.24, 2.45) is 11.8 Å². The number of rotatable bonds is 8. The average molecular weight is 775 g/mol. The Morgan fingerprint density at radius 3 is 2.19 bits per heavy atom. The van der Waals surface area contributed by atoms with Crippen LogP contribution in [0.1, 0.15) is 83.9 Å². The van der Waals surface area contributed by atoms with E-state index in [9.17, 15) is 9.90 Å². The molecule has 1 N–H and O–H groups in total. The van der Waals surface area contributed by atoms with Crippen LogP contribution in [-0.4, -0.2) is 23.9 Å². The second-order valence-corrected chi connectivity index (χ2v) is 18.3. The number of allylic oxidation sites excluding steroid dienone is 2. The number of pyridine rings is 1. The quantitative estimate of drug-likeness (QED) is 0.0839. The van der Waals surface area contributed by atoms with E-state index in [0.29, 0.717) is 0 Å². The summed E-state index contributed by atoms with van der Waals surface area (Å²) in [5.74, 6) is 0.547. The van der Waals surface area contributed by atoms with Gasteiger partial charge in [-0.1, -0.05) is 73.3 Å². The van der Waals surface area contributed by atoms with Crippen LogP contribution in [0.2, 0.25) is 19.6 Å². The van der Waals surface area contributed by atoms with Crippen LogP contribution in [-0.2, 0) is 30.3 Å². The van der Waals surface area contributed by atoms with Crippen molar-refractivity contribution in [1.29, 1.82) is 0 Å². The van der Waals surface area contributed by atoms with Gasteiger partial charge in [-0.05, 0) is 54.5 Å². The summed E-state index contributed by atoms with van der Waals surface area (Å²) < 4.78 is 6.59. The minimum Gasteiger partial charge on any atom is -0.512 e. The number of carbonyl (C=O) groups is 1. The van der Waals surface area contributed by atoms with Gasteiger partial charge in [0.25, 0.3) is 0 Å². The van der Waals surface area contributed by atoms with Gasteiger partial charge in [0, 0.05) is 60.5 Å². The topological polar surface area (TPSA) is 63.3 Å². The molecule has 6 heteroatoms. The Kier molecular flexibility index (Phi) is 11.1. The largest absolute Gasteiger partial charge is 0.512 e. The number of benzene rings is 2. The van der Waals surface area contributed by atoms with Gasteiger partial charge in [-0.15, -0.1) is 35.4 Å². The molecule has 1 aliphatic rings. The van der Waals surface area contributed by atoms with Gasteiger partial charge in [0.2, 0.25) is 0 Å². The Hall–Kier alpha value is -2.53. The van der Waals surface area contributed by atoms with Crippen LogP contribution >= 0.6 is 0 Å². The number of hydrogen-bond donors (Lipinski definition) is 1. The smallest absolute Gasteiger partial charge is 0.162 e. The molecule has 0 spiro atoms.